The summed E-state index contributed by atoms with van der Waals surface area (Å²) in [5, 5.41) is 3.42. The molecule has 1 aromatic rings. The average molecular weight is 230 g/mol. The van der Waals surface area contributed by atoms with Gasteiger partial charge in [0.25, 0.3) is 0 Å². The second-order valence-corrected chi connectivity index (χ2v) is 5.63. The van der Waals surface area contributed by atoms with Gasteiger partial charge in [0.05, 0.1) is 0 Å². The summed E-state index contributed by atoms with van der Waals surface area (Å²) in [5.74, 6) is 0.762. The number of hydrogen-bond donors (Lipinski definition) is 2. The molecule has 0 radical (unpaired) electrons. The van der Waals surface area contributed by atoms with Crippen molar-refractivity contribution in [3.63, 3.8) is 0 Å². The normalized spacial score (nSPS) is 23.6. The summed E-state index contributed by atoms with van der Waals surface area (Å²) < 4.78 is 0. The minimum atomic E-state index is 0.340. The number of nitrogens with two attached hydrogens (primary N) is 1. The molecule has 2 aliphatic rings. The monoisotopic (exact) mass is 230 g/mol. The van der Waals surface area contributed by atoms with Crippen LogP contribution in [0, 0.1) is 0 Å². The van der Waals surface area contributed by atoms with Crippen LogP contribution in [-0.2, 0) is 5.41 Å². The summed E-state index contributed by atoms with van der Waals surface area (Å²) in [6.45, 7) is 3.14. The molecule has 1 aliphatic heterocycles. The Kier molecular flexibility index (Phi) is 2.93. The zero-order valence-corrected chi connectivity index (χ0v) is 10.4. The Balaban J connectivity index is 1.75. The number of rotatable bonds is 3. The highest BCUT2D eigenvalue weighted by molar-refractivity contribution is 5.35. The summed E-state index contributed by atoms with van der Waals surface area (Å²) in [7, 11) is 0. The van der Waals surface area contributed by atoms with E-state index in [0.717, 1.165) is 12.5 Å². The smallest absolute Gasteiger partial charge is 0.00762 e. The Morgan fingerprint density at radius 3 is 2.29 bits per heavy atom. The van der Waals surface area contributed by atoms with Gasteiger partial charge in [-0.2, -0.15) is 0 Å². The Morgan fingerprint density at radius 2 is 1.76 bits per heavy atom. The number of piperidine rings is 1. The third-order valence-electron chi connectivity index (χ3n) is 4.58. The van der Waals surface area contributed by atoms with E-state index in [1.807, 2.05) is 0 Å². The van der Waals surface area contributed by atoms with Crippen molar-refractivity contribution < 1.29 is 0 Å². The second kappa shape index (κ2) is 4.43. The number of hydrogen-bond acceptors (Lipinski definition) is 2. The van der Waals surface area contributed by atoms with Gasteiger partial charge in [0.15, 0.2) is 0 Å². The molecule has 0 bridgehead atoms. The molecule has 1 aromatic carbocycles. The van der Waals surface area contributed by atoms with E-state index in [-0.39, 0.29) is 0 Å². The first-order valence-corrected chi connectivity index (χ1v) is 6.85. The summed E-state index contributed by atoms with van der Waals surface area (Å²) in [4.78, 5) is 0. The third kappa shape index (κ3) is 2.12. The topological polar surface area (TPSA) is 38.0 Å². The molecule has 2 heteroatoms. The molecule has 2 nitrogen and oxygen atoms in total. The molecule has 1 heterocycles. The van der Waals surface area contributed by atoms with Gasteiger partial charge in [-0.15, -0.1) is 0 Å². The van der Waals surface area contributed by atoms with Crippen molar-refractivity contribution in [2.75, 3.05) is 19.6 Å². The van der Waals surface area contributed by atoms with E-state index in [1.165, 1.54) is 49.9 Å². The van der Waals surface area contributed by atoms with E-state index in [2.05, 4.69) is 29.6 Å². The van der Waals surface area contributed by atoms with Crippen LogP contribution >= 0.6 is 0 Å². The van der Waals surface area contributed by atoms with Crippen LogP contribution in [0.15, 0.2) is 24.3 Å². The van der Waals surface area contributed by atoms with Crippen LogP contribution in [0.2, 0.25) is 0 Å². The van der Waals surface area contributed by atoms with Crippen LogP contribution in [0.25, 0.3) is 0 Å². The molecule has 2 fully saturated rings. The zero-order chi connectivity index (χ0) is 11.7. The molecule has 1 saturated carbocycles. The predicted molar refractivity (Wildman–Crippen MR) is 71.3 cm³/mol. The van der Waals surface area contributed by atoms with Gasteiger partial charge in [0.2, 0.25) is 0 Å². The maximum Gasteiger partial charge on any atom is 0.00762 e. The fourth-order valence-corrected chi connectivity index (χ4v) is 3.03. The molecule has 0 spiro atoms. The van der Waals surface area contributed by atoms with E-state index < -0.39 is 0 Å². The number of nitrogens with one attached hydrogen (secondary N) is 1. The maximum absolute atomic E-state index is 5.87. The zero-order valence-electron chi connectivity index (χ0n) is 10.4. The van der Waals surface area contributed by atoms with Crippen LogP contribution in [-0.4, -0.2) is 19.6 Å². The van der Waals surface area contributed by atoms with Gasteiger partial charge in [-0.05, 0) is 55.8 Å². The van der Waals surface area contributed by atoms with Crippen LogP contribution in [0.5, 0.6) is 0 Å². The molecule has 1 saturated heterocycles. The fourth-order valence-electron chi connectivity index (χ4n) is 3.03. The number of benzene rings is 1. The lowest BCUT2D eigenvalue weighted by Crippen LogP contribution is -2.26. The van der Waals surface area contributed by atoms with Gasteiger partial charge in [0, 0.05) is 12.0 Å². The van der Waals surface area contributed by atoms with Crippen molar-refractivity contribution in [3.05, 3.63) is 35.4 Å². The molecular weight excluding hydrogens is 208 g/mol. The Labute approximate surface area is 104 Å². The first-order chi connectivity index (χ1) is 8.34. The summed E-state index contributed by atoms with van der Waals surface area (Å²) >= 11 is 0. The lowest BCUT2D eigenvalue weighted by atomic mass is 9.87. The Morgan fingerprint density at radius 1 is 1.12 bits per heavy atom. The Hall–Kier alpha value is -0.860. The van der Waals surface area contributed by atoms with Crippen LogP contribution < -0.4 is 11.1 Å². The summed E-state index contributed by atoms with van der Waals surface area (Å²) in [5.41, 5.74) is 9.19. The van der Waals surface area contributed by atoms with Gasteiger partial charge in [-0.3, -0.25) is 0 Å². The summed E-state index contributed by atoms with van der Waals surface area (Å²) in [6, 6.07) is 9.30. The van der Waals surface area contributed by atoms with Gasteiger partial charge in [-0.25, -0.2) is 0 Å². The lowest BCUT2D eigenvalue weighted by molar-refractivity contribution is 0.460. The minimum absolute atomic E-state index is 0.340. The molecule has 3 N–H and O–H groups in total. The van der Waals surface area contributed by atoms with Gasteiger partial charge in [-0.1, -0.05) is 24.3 Å². The molecule has 0 unspecified atom stereocenters. The first kappa shape index (κ1) is 11.2. The van der Waals surface area contributed by atoms with E-state index in [1.54, 1.807) is 0 Å². The predicted octanol–water partition coefficient (Wildman–Crippen LogP) is 2.14. The fraction of sp³-hybridized carbons (Fsp3) is 0.600. The quantitative estimate of drug-likeness (QED) is 0.835. The van der Waals surface area contributed by atoms with Crippen molar-refractivity contribution in [1.29, 1.82) is 0 Å². The molecular formula is C15H22N2. The highest BCUT2D eigenvalue weighted by atomic mass is 14.9. The first-order valence-electron chi connectivity index (χ1n) is 6.85. The third-order valence-corrected chi connectivity index (χ3v) is 4.58. The molecule has 17 heavy (non-hydrogen) atoms. The molecule has 3 rings (SSSR count). The minimum Gasteiger partial charge on any atom is -0.330 e. The standard InChI is InChI=1S/C15H22N2/c16-11-15(7-8-15)14-3-1-12(2-4-14)13-5-9-17-10-6-13/h1-4,13,17H,5-11,16H2. The molecule has 0 aromatic heterocycles. The molecule has 1 aliphatic carbocycles. The van der Waals surface area contributed by atoms with E-state index >= 15 is 0 Å². The highest BCUT2D eigenvalue weighted by Crippen LogP contribution is 2.47. The largest absolute Gasteiger partial charge is 0.330 e. The van der Waals surface area contributed by atoms with Crippen molar-refractivity contribution >= 4 is 0 Å². The van der Waals surface area contributed by atoms with Crippen molar-refractivity contribution in [3.8, 4) is 0 Å². The van der Waals surface area contributed by atoms with E-state index in [4.69, 9.17) is 5.73 Å². The van der Waals surface area contributed by atoms with Gasteiger partial charge < -0.3 is 11.1 Å². The molecule has 92 valence electrons. The Bertz CT molecular complexity index is 372. The SMILES string of the molecule is NCC1(c2ccc(C3CCNCC3)cc2)CC1. The van der Waals surface area contributed by atoms with Gasteiger partial charge in [0.1, 0.15) is 0 Å². The van der Waals surface area contributed by atoms with E-state index in [0.29, 0.717) is 5.41 Å². The van der Waals surface area contributed by atoms with Crippen molar-refractivity contribution in [2.45, 2.75) is 37.0 Å². The maximum atomic E-state index is 5.87. The van der Waals surface area contributed by atoms with Crippen LogP contribution in [0.4, 0.5) is 0 Å². The summed E-state index contributed by atoms with van der Waals surface area (Å²) in [6.07, 6.45) is 5.11. The van der Waals surface area contributed by atoms with Gasteiger partial charge >= 0.3 is 0 Å². The van der Waals surface area contributed by atoms with Crippen molar-refractivity contribution in [2.24, 2.45) is 5.73 Å². The molecule has 0 atom stereocenters. The lowest BCUT2D eigenvalue weighted by Gasteiger charge is -2.23. The second-order valence-electron chi connectivity index (χ2n) is 5.63. The average Bonchev–Trinajstić information content (AvgIpc) is 3.21. The van der Waals surface area contributed by atoms with E-state index in [9.17, 15) is 0 Å². The van der Waals surface area contributed by atoms with Crippen LogP contribution in [0.3, 0.4) is 0 Å². The highest BCUT2D eigenvalue weighted by Gasteiger charge is 2.42. The van der Waals surface area contributed by atoms with Crippen molar-refractivity contribution in [1.82, 2.24) is 5.32 Å². The van der Waals surface area contributed by atoms with Crippen LogP contribution in [0.1, 0.15) is 42.7 Å². The molecule has 0 amide bonds.